The Labute approximate surface area is 94.1 Å². The van der Waals surface area contributed by atoms with Crippen molar-refractivity contribution in [3.8, 4) is 5.75 Å². The number of rotatable bonds is 1. The second-order valence-corrected chi connectivity index (χ2v) is 4.09. The van der Waals surface area contributed by atoms with Gasteiger partial charge < -0.3 is 9.72 Å². The van der Waals surface area contributed by atoms with Crippen LogP contribution in [0, 0.1) is 20.8 Å². The molecule has 0 unspecified atom stereocenters. The first-order valence-corrected chi connectivity index (χ1v) is 5.22. The van der Waals surface area contributed by atoms with E-state index in [-0.39, 0.29) is 5.56 Å². The number of fused-ring (bicyclic) bond motifs is 1. The molecule has 0 atom stereocenters. The highest BCUT2D eigenvalue weighted by Gasteiger charge is 2.10. The number of aromatic nitrogens is 1. The molecule has 3 heteroatoms. The number of H-pyrrole nitrogens is 1. The summed E-state index contributed by atoms with van der Waals surface area (Å²) < 4.78 is 5.30. The highest BCUT2D eigenvalue weighted by atomic mass is 16.5. The molecule has 1 heterocycles. The Hall–Kier alpha value is -1.77. The zero-order valence-electron chi connectivity index (χ0n) is 9.97. The fourth-order valence-corrected chi connectivity index (χ4v) is 2.09. The molecular formula is C13H15NO2. The van der Waals surface area contributed by atoms with Gasteiger partial charge >= 0.3 is 0 Å². The predicted molar refractivity (Wildman–Crippen MR) is 65.3 cm³/mol. The maximum absolute atomic E-state index is 11.5. The van der Waals surface area contributed by atoms with Crippen LogP contribution in [0.4, 0.5) is 0 Å². The van der Waals surface area contributed by atoms with Gasteiger partial charge in [-0.05, 0) is 43.5 Å². The standard InChI is InChI=1S/C13H15NO2/c1-7-5-10(16-4)13-12(9(7)3)8(2)6-11(15)14-13/h5-6H,1-4H3,(H,14,15). The van der Waals surface area contributed by atoms with Gasteiger partial charge in [-0.1, -0.05) is 0 Å². The number of ether oxygens (including phenoxy) is 1. The van der Waals surface area contributed by atoms with E-state index in [0.717, 1.165) is 22.2 Å². The molecular weight excluding hydrogens is 202 g/mol. The third kappa shape index (κ3) is 1.48. The Morgan fingerprint density at radius 3 is 2.44 bits per heavy atom. The number of methoxy groups -OCH3 is 1. The summed E-state index contributed by atoms with van der Waals surface area (Å²) in [5, 5.41) is 1.08. The number of aromatic amines is 1. The normalized spacial score (nSPS) is 10.8. The minimum absolute atomic E-state index is 0.0912. The molecule has 16 heavy (non-hydrogen) atoms. The van der Waals surface area contributed by atoms with Gasteiger partial charge in [-0.15, -0.1) is 0 Å². The summed E-state index contributed by atoms with van der Waals surface area (Å²) >= 11 is 0. The first-order chi connectivity index (χ1) is 7.54. The summed E-state index contributed by atoms with van der Waals surface area (Å²) in [6, 6.07) is 3.57. The van der Waals surface area contributed by atoms with E-state index < -0.39 is 0 Å². The number of pyridine rings is 1. The molecule has 0 bridgehead atoms. The summed E-state index contributed by atoms with van der Waals surface area (Å²) in [7, 11) is 1.62. The van der Waals surface area contributed by atoms with Gasteiger partial charge in [-0.2, -0.15) is 0 Å². The van der Waals surface area contributed by atoms with E-state index in [0.29, 0.717) is 0 Å². The van der Waals surface area contributed by atoms with Crippen LogP contribution in [0.15, 0.2) is 16.9 Å². The first kappa shape index (κ1) is 10.7. The molecule has 1 N–H and O–H groups in total. The third-order valence-corrected chi connectivity index (χ3v) is 3.02. The number of hydrogen-bond acceptors (Lipinski definition) is 2. The molecule has 0 spiro atoms. The number of benzene rings is 1. The lowest BCUT2D eigenvalue weighted by Crippen LogP contribution is -2.07. The van der Waals surface area contributed by atoms with Crippen molar-refractivity contribution in [1.29, 1.82) is 0 Å². The molecule has 0 amide bonds. The summed E-state index contributed by atoms with van der Waals surface area (Å²) in [6.45, 7) is 6.05. The number of aryl methyl sites for hydroxylation is 3. The van der Waals surface area contributed by atoms with Gasteiger partial charge in [0.2, 0.25) is 5.56 Å². The molecule has 84 valence electrons. The monoisotopic (exact) mass is 217 g/mol. The lowest BCUT2D eigenvalue weighted by Gasteiger charge is -2.12. The minimum atomic E-state index is -0.0912. The van der Waals surface area contributed by atoms with Gasteiger partial charge in [0, 0.05) is 11.5 Å². The fraction of sp³-hybridized carbons (Fsp3) is 0.308. The maximum Gasteiger partial charge on any atom is 0.248 e. The van der Waals surface area contributed by atoms with Crippen LogP contribution in [-0.4, -0.2) is 12.1 Å². The van der Waals surface area contributed by atoms with Crippen LogP contribution in [0.25, 0.3) is 10.9 Å². The van der Waals surface area contributed by atoms with Crippen LogP contribution in [0.1, 0.15) is 16.7 Å². The van der Waals surface area contributed by atoms with Crippen LogP contribution in [0.2, 0.25) is 0 Å². The van der Waals surface area contributed by atoms with Crippen molar-refractivity contribution in [2.75, 3.05) is 7.11 Å². The summed E-state index contributed by atoms with van der Waals surface area (Å²) in [5.41, 5.74) is 4.03. The first-order valence-electron chi connectivity index (χ1n) is 5.22. The molecule has 0 aliphatic rings. The number of nitrogens with one attached hydrogen (secondary N) is 1. The fourth-order valence-electron chi connectivity index (χ4n) is 2.09. The molecule has 0 aliphatic carbocycles. The summed E-state index contributed by atoms with van der Waals surface area (Å²) in [6.07, 6.45) is 0. The van der Waals surface area contributed by atoms with Crippen LogP contribution in [-0.2, 0) is 0 Å². The Balaban J connectivity index is 3.04. The molecule has 0 radical (unpaired) electrons. The van der Waals surface area contributed by atoms with E-state index in [2.05, 4.69) is 11.9 Å². The zero-order chi connectivity index (χ0) is 11.9. The molecule has 1 aromatic carbocycles. The molecule has 2 aromatic rings. The van der Waals surface area contributed by atoms with Crippen molar-refractivity contribution in [3.63, 3.8) is 0 Å². The zero-order valence-corrected chi connectivity index (χ0v) is 9.97. The van der Waals surface area contributed by atoms with Gasteiger partial charge in [0.25, 0.3) is 0 Å². The highest BCUT2D eigenvalue weighted by Crippen LogP contribution is 2.30. The topological polar surface area (TPSA) is 42.1 Å². The van der Waals surface area contributed by atoms with Crippen molar-refractivity contribution in [2.45, 2.75) is 20.8 Å². The van der Waals surface area contributed by atoms with Crippen LogP contribution in [0.5, 0.6) is 5.75 Å². The van der Waals surface area contributed by atoms with E-state index in [1.807, 2.05) is 19.9 Å². The average molecular weight is 217 g/mol. The van der Waals surface area contributed by atoms with Crippen molar-refractivity contribution in [2.24, 2.45) is 0 Å². The molecule has 2 rings (SSSR count). The van der Waals surface area contributed by atoms with Gasteiger partial charge in [-0.3, -0.25) is 4.79 Å². The van der Waals surface area contributed by atoms with Crippen molar-refractivity contribution in [1.82, 2.24) is 4.98 Å². The Bertz CT molecular complexity index is 611. The van der Waals surface area contributed by atoms with Crippen molar-refractivity contribution >= 4 is 10.9 Å². The summed E-state index contributed by atoms with van der Waals surface area (Å²) in [4.78, 5) is 14.3. The van der Waals surface area contributed by atoms with Gasteiger partial charge in [-0.25, -0.2) is 0 Å². The quantitative estimate of drug-likeness (QED) is 0.797. The Morgan fingerprint density at radius 2 is 1.81 bits per heavy atom. The lowest BCUT2D eigenvalue weighted by atomic mass is 10.00. The molecule has 0 fully saturated rings. The summed E-state index contributed by atoms with van der Waals surface area (Å²) in [5.74, 6) is 0.721. The second-order valence-electron chi connectivity index (χ2n) is 4.09. The SMILES string of the molecule is COc1cc(C)c(C)c2c(C)cc(=O)[nH]c12. The molecule has 0 saturated carbocycles. The largest absolute Gasteiger partial charge is 0.495 e. The highest BCUT2D eigenvalue weighted by molar-refractivity contribution is 5.91. The second kappa shape index (κ2) is 3.67. The molecule has 1 aromatic heterocycles. The van der Waals surface area contributed by atoms with Crippen molar-refractivity contribution < 1.29 is 4.74 Å². The maximum atomic E-state index is 11.5. The van der Waals surface area contributed by atoms with Crippen molar-refractivity contribution in [3.05, 3.63) is 39.2 Å². The smallest absolute Gasteiger partial charge is 0.248 e. The van der Waals surface area contributed by atoms with E-state index in [9.17, 15) is 4.79 Å². The van der Waals surface area contributed by atoms with Gasteiger partial charge in [0.05, 0.1) is 12.6 Å². The van der Waals surface area contributed by atoms with Gasteiger partial charge in [0.15, 0.2) is 0 Å². The molecule has 0 aliphatic heterocycles. The van der Waals surface area contributed by atoms with Gasteiger partial charge in [0.1, 0.15) is 5.75 Å². The van der Waals surface area contributed by atoms with Crippen LogP contribution in [0.3, 0.4) is 0 Å². The predicted octanol–water partition coefficient (Wildman–Crippen LogP) is 2.46. The Morgan fingerprint density at radius 1 is 1.12 bits per heavy atom. The Kier molecular flexibility index (Phi) is 2.46. The van der Waals surface area contributed by atoms with E-state index in [1.165, 1.54) is 11.1 Å². The van der Waals surface area contributed by atoms with Crippen LogP contribution >= 0.6 is 0 Å². The average Bonchev–Trinajstić information content (AvgIpc) is 2.22. The van der Waals surface area contributed by atoms with Crippen LogP contribution < -0.4 is 10.3 Å². The number of hydrogen-bond donors (Lipinski definition) is 1. The van der Waals surface area contributed by atoms with E-state index in [4.69, 9.17) is 4.74 Å². The van der Waals surface area contributed by atoms with E-state index >= 15 is 0 Å². The molecule has 3 nitrogen and oxygen atoms in total. The third-order valence-electron chi connectivity index (χ3n) is 3.02. The van der Waals surface area contributed by atoms with E-state index in [1.54, 1.807) is 13.2 Å². The molecule has 0 saturated heterocycles. The minimum Gasteiger partial charge on any atom is -0.495 e. The lowest BCUT2D eigenvalue weighted by molar-refractivity contribution is 0.418.